The summed E-state index contributed by atoms with van der Waals surface area (Å²) in [5.41, 5.74) is -1.15. The molecule has 240 valence electrons. The maximum absolute atomic E-state index is 14.6. The zero-order valence-electron chi connectivity index (χ0n) is 24.1. The number of anilines is 1. The van der Waals surface area contributed by atoms with Crippen LogP contribution in [0.25, 0.3) is 22.6 Å². The van der Waals surface area contributed by atoms with Crippen LogP contribution in [0.3, 0.4) is 0 Å². The highest BCUT2D eigenvalue weighted by Crippen LogP contribution is 2.39. The number of imidazole rings is 1. The van der Waals surface area contributed by atoms with Gasteiger partial charge in [0.05, 0.1) is 11.1 Å². The average molecular weight is 640 g/mol. The number of fused-ring (bicyclic) bond motifs is 1. The smallest absolute Gasteiger partial charge is 0.475 e. The second-order valence-electron chi connectivity index (χ2n) is 11.2. The number of nitrogens with zero attached hydrogens (tertiary/aromatic N) is 4. The van der Waals surface area contributed by atoms with Crippen LogP contribution in [0.5, 0.6) is 5.75 Å². The lowest BCUT2D eigenvalue weighted by molar-refractivity contribution is -0.274. The molecule has 5 rings (SSSR count). The Morgan fingerprint density at radius 1 is 1.07 bits per heavy atom. The molecule has 1 saturated carbocycles. The van der Waals surface area contributed by atoms with Crippen molar-refractivity contribution < 1.29 is 45.4 Å². The van der Waals surface area contributed by atoms with Crippen molar-refractivity contribution in [1.29, 1.82) is 0 Å². The monoisotopic (exact) mass is 639 g/mol. The third-order valence-electron chi connectivity index (χ3n) is 7.68. The Morgan fingerprint density at radius 3 is 2.38 bits per heavy atom. The van der Waals surface area contributed by atoms with E-state index in [9.17, 15) is 40.6 Å². The highest BCUT2D eigenvalue weighted by molar-refractivity contribution is 5.92. The summed E-state index contributed by atoms with van der Waals surface area (Å²) in [5.74, 6) is -4.15. The Labute approximate surface area is 252 Å². The van der Waals surface area contributed by atoms with Crippen molar-refractivity contribution in [2.75, 3.05) is 11.9 Å². The number of alkyl halides is 6. The van der Waals surface area contributed by atoms with Gasteiger partial charge in [-0.15, -0.1) is 13.2 Å². The summed E-state index contributed by atoms with van der Waals surface area (Å²) in [6.07, 6.45) is -6.13. The van der Waals surface area contributed by atoms with Crippen LogP contribution in [-0.4, -0.2) is 43.5 Å². The largest absolute Gasteiger partial charge is 0.573 e. The van der Waals surface area contributed by atoms with Gasteiger partial charge in [0.15, 0.2) is 11.5 Å². The van der Waals surface area contributed by atoms with Crippen LogP contribution >= 0.6 is 0 Å². The van der Waals surface area contributed by atoms with E-state index in [1.165, 1.54) is 16.7 Å². The van der Waals surface area contributed by atoms with Gasteiger partial charge in [-0.3, -0.25) is 0 Å². The van der Waals surface area contributed by atoms with Crippen LogP contribution in [0.2, 0.25) is 0 Å². The standard InChI is InChI=1S/C30H28F7N5O3/c1-15(2)18-7-9-22(45-30(35,36)37)19(13-18)27-41-25-23(42(27)14-17-6-8-20(21(31)12-17)29(32,33)34)24(39-26(40-25)28(43)44)38-11-10-16-4-3-5-16/h6-9,12-13,15-16H,3-5,10-11,14H2,1-2H3,(H,43,44)(H,38,39,40). The van der Waals surface area contributed by atoms with E-state index in [2.05, 4.69) is 25.0 Å². The molecule has 0 saturated heterocycles. The second-order valence-corrected chi connectivity index (χ2v) is 11.2. The Hall–Kier alpha value is -4.43. The Balaban J connectivity index is 1.74. The summed E-state index contributed by atoms with van der Waals surface area (Å²) in [5, 5.41) is 12.8. The van der Waals surface area contributed by atoms with Gasteiger partial charge < -0.3 is 19.7 Å². The molecule has 4 aromatic rings. The molecule has 2 N–H and O–H groups in total. The number of aromatic carboxylic acids is 1. The summed E-state index contributed by atoms with van der Waals surface area (Å²) >= 11 is 0. The number of nitrogens with one attached hydrogen (secondary N) is 1. The minimum Gasteiger partial charge on any atom is -0.475 e. The van der Waals surface area contributed by atoms with Crippen LogP contribution in [0.15, 0.2) is 36.4 Å². The van der Waals surface area contributed by atoms with E-state index >= 15 is 0 Å². The molecule has 2 aromatic heterocycles. The summed E-state index contributed by atoms with van der Waals surface area (Å²) in [6, 6.07) is 6.26. The molecule has 0 atom stereocenters. The first-order valence-electron chi connectivity index (χ1n) is 14.1. The predicted molar refractivity (Wildman–Crippen MR) is 149 cm³/mol. The first kappa shape index (κ1) is 32.0. The first-order valence-corrected chi connectivity index (χ1v) is 14.1. The fraction of sp³-hybridized carbons (Fsp3) is 0.400. The molecule has 0 radical (unpaired) electrons. The van der Waals surface area contributed by atoms with Gasteiger partial charge in [-0.05, 0) is 53.6 Å². The number of rotatable bonds is 10. The van der Waals surface area contributed by atoms with Gasteiger partial charge in [0.1, 0.15) is 22.9 Å². The summed E-state index contributed by atoms with van der Waals surface area (Å²) < 4.78 is 100. The third kappa shape index (κ3) is 7.12. The normalized spacial score (nSPS) is 14.2. The average Bonchev–Trinajstić information content (AvgIpc) is 3.26. The van der Waals surface area contributed by atoms with Gasteiger partial charge >= 0.3 is 18.5 Å². The molecule has 0 bridgehead atoms. The molecule has 2 aromatic carbocycles. The van der Waals surface area contributed by atoms with Crippen molar-refractivity contribution in [3.8, 4) is 17.1 Å². The van der Waals surface area contributed by atoms with Gasteiger partial charge in [-0.1, -0.05) is 45.2 Å². The zero-order chi connectivity index (χ0) is 32.7. The van der Waals surface area contributed by atoms with Gasteiger partial charge in [0.2, 0.25) is 5.82 Å². The van der Waals surface area contributed by atoms with E-state index < -0.39 is 41.5 Å². The van der Waals surface area contributed by atoms with Crippen molar-refractivity contribution in [2.45, 2.75) is 64.5 Å². The van der Waals surface area contributed by atoms with Crippen molar-refractivity contribution in [2.24, 2.45) is 5.92 Å². The molecule has 45 heavy (non-hydrogen) atoms. The highest BCUT2D eigenvalue weighted by Gasteiger charge is 2.35. The van der Waals surface area contributed by atoms with Gasteiger partial charge in [-0.2, -0.15) is 13.2 Å². The maximum Gasteiger partial charge on any atom is 0.573 e. The SMILES string of the molecule is CC(C)c1ccc(OC(F)(F)F)c(-c2nc3nc(C(=O)O)nc(NCCC4CCC4)c3n2Cc2ccc(C(F)(F)F)c(F)c2)c1. The lowest BCUT2D eigenvalue weighted by atomic mass is 9.83. The minimum atomic E-state index is -5.09. The van der Waals surface area contributed by atoms with Crippen molar-refractivity contribution in [3.05, 3.63) is 64.7 Å². The Bertz CT molecular complexity index is 1730. The van der Waals surface area contributed by atoms with E-state index in [1.807, 2.05) is 13.8 Å². The van der Waals surface area contributed by atoms with E-state index in [4.69, 9.17) is 0 Å². The van der Waals surface area contributed by atoms with Crippen molar-refractivity contribution in [1.82, 2.24) is 19.5 Å². The maximum atomic E-state index is 14.6. The molecule has 15 heteroatoms. The highest BCUT2D eigenvalue weighted by atomic mass is 19.4. The van der Waals surface area contributed by atoms with E-state index in [0.29, 0.717) is 30.2 Å². The predicted octanol–water partition coefficient (Wildman–Crippen LogP) is 8.02. The number of hydrogen-bond acceptors (Lipinski definition) is 6. The minimum absolute atomic E-state index is 0.00108. The van der Waals surface area contributed by atoms with Crippen LogP contribution in [0.4, 0.5) is 36.6 Å². The number of ether oxygens (including phenoxy) is 1. The number of halogens is 7. The lowest BCUT2D eigenvalue weighted by Crippen LogP contribution is -2.18. The van der Waals surface area contributed by atoms with Gasteiger partial charge in [0, 0.05) is 13.1 Å². The molecular weight excluding hydrogens is 611 g/mol. The van der Waals surface area contributed by atoms with Gasteiger partial charge in [0.25, 0.3) is 0 Å². The van der Waals surface area contributed by atoms with Crippen LogP contribution in [0.1, 0.15) is 72.8 Å². The molecule has 1 aliphatic rings. The quantitative estimate of drug-likeness (QED) is 0.170. The fourth-order valence-electron chi connectivity index (χ4n) is 5.16. The molecule has 1 aliphatic carbocycles. The molecule has 1 fully saturated rings. The van der Waals surface area contributed by atoms with Crippen LogP contribution in [0, 0.1) is 11.7 Å². The second kappa shape index (κ2) is 12.2. The van der Waals surface area contributed by atoms with Gasteiger partial charge in [-0.25, -0.2) is 24.1 Å². The number of carbonyl (C=O) groups is 1. The van der Waals surface area contributed by atoms with Crippen molar-refractivity contribution >= 4 is 23.0 Å². The van der Waals surface area contributed by atoms with Crippen LogP contribution in [-0.2, 0) is 12.7 Å². The van der Waals surface area contributed by atoms with E-state index in [1.54, 1.807) is 0 Å². The first-order chi connectivity index (χ1) is 21.1. The van der Waals surface area contributed by atoms with E-state index in [-0.39, 0.29) is 46.4 Å². The lowest BCUT2D eigenvalue weighted by Gasteiger charge is -2.25. The van der Waals surface area contributed by atoms with E-state index in [0.717, 1.165) is 37.8 Å². The Kier molecular flexibility index (Phi) is 8.64. The summed E-state index contributed by atoms with van der Waals surface area (Å²) in [4.78, 5) is 24.5. The Morgan fingerprint density at radius 2 is 1.80 bits per heavy atom. The number of carboxylic acids is 1. The molecule has 0 spiro atoms. The van der Waals surface area contributed by atoms with Crippen LogP contribution < -0.4 is 10.1 Å². The number of aromatic nitrogens is 4. The molecule has 0 amide bonds. The van der Waals surface area contributed by atoms with Crippen molar-refractivity contribution in [3.63, 3.8) is 0 Å². The summed E-state index contributed by atoms with van der Waals surface area (Å²) in [6.45, 7) is 3.61. The fourth-order valence-corrected chi connectivity index (χ4v) is 5.16. The third-order valence-corrected chi connectivity index (χ3v) is 7.68. The molecule has 0 unspecified atom stereocenters. The molecular formula is C30H28F7N5O3. The summed E-state index contributed by atoms with van der Waals surface area (Å²) in [7, 11) is 0. The zero-order valence-corrected chi connectivity index (χ0v) is 24.1. The topological polar surface area (TPSA) is 102 Å². The number of benzene rings is 2. The molecule has 0 aliphatic heterocycles. The molecule has 8 nitrogen and oxygen atoms in total. The molecule has 2 heterocycles. The number of hydrogen-bond donors (Lipinski definition) is 2. The number of carboxylic acid groups (broad SMARTS) is 1.